The number of likely N-dealkylation sites (tertiary alicyclic amines) is 1. The lowest BCUT2D eigenvalue weighted by molar-refractivity contribution is -0.141. The Hall–Kier alpha value is -1.80. The second-order valence-electron chi connectivity index (χ2n) is 8.98. The van der Waals surface area contributed by atoms with Crippen molar-refractivity contribution >= 4 is 21.6 Å². The molecule has 0 aliphatic carbocycles. The van der Waals surface area contributed by atoms with Gasteiger partial charge in [0.05, 0.1) is 17.7 Å². The van der Waals surface area contributed by atoms with E-state index in [1.807, 2.05) is 25.7 Å². The van der Waals surface area contributed by atoms with E-state index >= 15 is 0 Å². The number of benzene rings is 1. The van der Waals surface area contributed by atoms with Crippen molar-refractivity contribution in [3.8, 4) is 5.75 Å². The van der Waals surface area contributed by atoms with Crippen LogP contribution >= 0.6 is 0 Å². The van der Waals surface area contributed by atoms with Gasteiger partial charge in [-0.1, -0.05) is 20.8 Å². The Morgan fingerprint density at radius 1 is 1.21 bits per heavy atom. The summed E-state index contributed by atoms with van der Waals surface area (Å²) in [6.45, 7) is 7.68. The van der Waals surface area contributed by atoms with E-state index in [0.717, 1.165) is 24.1 Å². The van der Waals surface area contributed by atoms with Crippen LogP contribution in [0.4, 0.5) is 5.69 Å². The molecule has 3 rings (SSSR count). The van der Waals surface area contributed by atoms with E-state index < -0.39 is 15.4 Å². The van der Waals surface area contributed by atoms with Gasteiger partial charge in [-0.2, -0.15) is 0 Å². The number of rotatable bonds is 3. The summed E-state index contributed by atoms with van der Waals surface area (Å²) >= 11 is 0. The fourth-order valence-corrected chi connectivity index (χ4v) is 5.44. The van der Waals surface area contributed by atoms with Crippen molar-refractivity contribution in [2.45, 2.75) is 43.9 Å². The minimum Gasteiger partial charge on any atom is -0.495 e. The second kappa shape index (κ2) is 6.91. The predicted octanol–water partition coefficient (Wildman–Crippen LogP) is 2.28. The maximum atomic E-state index is 13.0. The number of nitrogens with zero attached hydrogens (tertiary/aromatic N) is 2. The van der Waals surface area contributed by atoms with Crippen molar-refractivity contribution in [3.63, 3.8) is 0 Å². The van der Waals surface area contributed by atoms with Crippen LogP contribution in [0.5, 0.6) is 5.75 Å². The van der Waals surface area contributed by atoms with Crippen molar-refractivity contribution in [2.75, 3.05) is 46.2 Å². The average molecular weight is 410 g/mol. The molecule has 0 unspecified atom stereocenters. The van der Waals surface area contributed by atoms with E-state index in [1.165, 1.54) is 4.31 Å². The minimum atomic E-state index is -3.60. The molecule has 0 atom stereocenters. The summed E-state index contributed by atoms with van der Waals surface area (Å²) in [5.74, 6) is 0.790. The van der Waals surface area contributed by atoms with Gasteiger partial charge >= 0.3 is 0 Å². The van der Waals surface area contributed by atoms with Crippen molar-refractivity contribution < 1.29 is 17.9 Å². The molecule has 1 amide bonds. The summed E-state index contributed by atoms with van der Waals surface area (Å²) in [6.07, 6.45) is 1.44. The Morgan fingerprint density at radius 3 is 2.32 bits per heavy atom. The smallest absolute Gasteiger partial charge is 0.242 e. The number of sulfonamides is 1. The van der Waals surface area contributed by atoms with Crippen LogP contribution in [0.15, 0.2) is 17.0 Å². The van der Waals surface area contributed by atoms with Gasteiger partial charge in [0.2, 0.25) is 15.9 Å². The van der Waals surface area contributed by atoms with Crippen LogP contribution in [0.1, 0.15) is 39.2 Å². The van der Waals surface area contributed by atoms with Crippen LogP contribution < -0.4 is 10.1 Å². The highest BCUT2D eigenvalue weighted by atomic mass is 32.2. The largest absolute Gasteiger partial charge is 0.495 e. The molecule has 1 N–H and O–H groups in total. The molecule has 1 fully saturated rings. The zero-order valence-electron chi connectivity index (χ0n) is 17.6. The third-order valence-electron chi connectivity index (χ3n) is 5.89. The summed E-state index contributed by atoms with van der Waals surface area (Å²) < 4.78 is 32.8. The molecule has 1 spiro atoms. The minimum absolute atomic E-state index is 0.139. The molecule has 0 radical (unpaired) electrons. The molecule has 2 heterocycles. The third kappa shape index (κ3) is 3.26. The molecular weight excluding hydrogens is 378 g/mol. The Kier molecular flexibility index (Phi) is 5.17. The molecule has 2 aliphatic heterocycles. The van der Waals surface area contributed by atoms with Crippen LogP contribution in [0.25, 0.3) is 0 Å². The second-order valence-corrected chi connectivity index (χ2v) is 11.1. The monoisotopic (exact) mass is 409 g/mol. The zero-order valence-corrected chi connectivity index (χ0v) is 18.4. The lowest BCUT2D eigenvalue weighted by Gasteiger charge is -2.42. The van der Waals surface area contributed by atoms with Crippen molar-refractivity contribution in [2.24, 2.45) is 5.41 Å². The Labute approximate surface area is 168 Å². The number of nitrogens with one attached hydrogen (secondary N) is 1. The highest BCUT2D eigenvalue weighted by Gasteiger charge is 2.47. The number of piperidine rings is 1. The molecule has 8 heteroatoms. The first-order valence-electron chi connectivity index (χ1n) is 9.61. The lowest BCUT2D eigenvalue weighted by Crippen LogP contribution is -2.49. The lowest BCUT2D eigenvalue weighted by atomic mass is 9.74. The number of carbonyl (C=O) groups is 1. The molecule has 0 saturated carbocycles. The number of fused-ring (bicyclic) bond motifs is 2. The fourth-order valence-electron chi connectivity index (χ4n) is 4.23. The number of ether oxygens (including phenoxy) is 1. The number of carbonyl (C=O) groups excluding carboxylic acids is 1. The molecule has 2 aliphatic rings. The van der Waals surface area contributed by atoms with Gasteiger partial charge in [0.25, 0.3) is 0 Å². The number of hydrogen-bond donors (Lipinski definition) is 1. The molecule has 1 aromatic carbocycles. The highest BCUT2D eigenvalue weighted by Crippen LogP contribution is 2.51. The third-order valence-corrected chi connectivity index (χ3v) is 7.75. The van der Waals surface area contributed by atoms with Gasteiger partial charge in [0.15, 0.2) is 0 Å². The molecule has 28 heavy (non-hydrogen) atoms. The predicted molar refractivity (Wildman–Crippen MR) is 109 cm³/mol. The molecular formula is C20H31N3O4S. The first kappa shape index (κ1) is 20.9. The SMILES string of the molecule is COc1ccc(S(=O)(=O)N(C)C)c2c1NCC21CCN(C(=O)C(C)(C)C)CC1. The van der Waals surface area contributed by atoms with Crippen molar-refractivity contribution in [1.29, 1.82) is 0 Å². The van der Waals surface area contributed by atoms with E-state index in [2.05, 4.69) is 5.32 Å². The van der Waals surface area contributed by atoms with E-state index in [4.69, 9.17) is 4.74 Å². The van der Waals surface area contributed by atoms with Gasteiger partial charge in [-0.3, -0.25) is 4.79 Å². The van der Waals surface area contributed by atoms with E-state index in [-0.39, 0.29) is 11.3 Å². The van der Waals surface area contributed by atoms with Gasteiger partial charge < -0.3 is 15.0 Å². The molecule has 7 nitrogen and oxygen atoms in total. The number of hydrogen-bond acceptors (Lipinski definition) is 5. The van der Waals surface area contributed by atoms with Gasteiger partial charge in [0.1, 0.15) is 5.75 Å². The summed E-state index contributed by atoms with van der Waals surface area (Å²) in [6, 6.07) is 3.36. The number of amides is 1. The van der Waals surface area contributed by atoms with Crippen LogP contribution in [0.3, 0.4) is 0 Å². The van der Waals surface area contributed by atoms with E-state index in [0.29, 0.717) is 30.3 Å². The number of methoxy groups -OCH3 is 1. The Bertz CT molecular complexity index is 879. The maximum absolute atomic E-state index is 13.0. The first-order chi connectivity index (χ1) is 12.9. The van der Waals surface area contributed by atoms with Crippen LogP contribution in [0, 0.1) is 5.41 Å². The average Bonchev–Trinajstić information content (AvgIpc) is 2.99. The highest BCUT2D eigenvalue weighted by molar-refractivity contribution is 7.89. The fraction of sp³-hybridized carbons (Fsp3) is 0.650. The summed E-state index contributed by atoms with van der Waals surface area (Å²) in [5, 5.41) is 3.39. The van der Waals surface area contributed by atoms with Crippen LogP contribution in [0.2, 0.25) is 0 Å². The first-order valence-corrected chi connectivity index (χ1v) is 11.1. The molecule has 1 saturated heterocycles. The Balaban J connectivity index is 2.03. The molecule has 1 aromatic rings. The van der Waals surface area contributed by atoms with E-state index in [1.54, 1.807) is 33.3 Å². The van der Waals surface area contributed by atoms with E-state index in [9.17, 15) is 13.2 Å². The number of anilines is 1. The topological polar surface area (TPSA) is 79.0 Å². The van der Waals surface area contributed by atoms with Crippen molar-refractivity contribution in [1.82, 2.24) is 9.21 Å². The summed E-state index contributed by atoms with van der Waals surface area (Å²) in [7, 11) is 1.09. The van der Waals surface area contributed by atoms with Crippen LogP contribution in [-0.2, 0) is 20.2 Å². The molecule has 0 aromatic heterocycles. The quantitative estimate of drug-likeness (QED) is 0.829. The summed E-state index contributed by atoms with van der Waals surface area (Å²) in [4.78, 5) is 14.9. The normalized spacial score (nSPS) is 18.9. The zero-order chi connectivity index (χ0) is 20.9. The van der Waals surface area contributed by atoms with Gasteiger partial charge in [-0.05, 0) is 25.0 Å². The maximum Gasteiger partial charge on any atom is 0.242 e. The van der Waals surface area contributed by atoms with Gasteiger partial charge in [-0.25, -0.2) is 12.7 Å². The molecule has 156 valence electrons. The van der Waals surface area contributed by atoms with Gasteiger partial charge in [0, 0.05) is 50.1 Å². The van der Waals surface area contributed by atoms with Crippen molar-refractivity contribution in [3.05, 3.63) is 17.7 Å². The van der Waals surface area contributed by atoms with Crippen LogP contribution in [-0.4, -0.2) is 64.4 Å². The van der Waals surface area contributed by atoms with Gasteiger partial charge in [-0.15, -0.1) is 0 Å². The standard InChI is InChI=1S/C20H31N3O4S/c1-19(2,3)18(24)23-11-9-20(10-12-23)13-21-17-14(27-6)7-8-15(16(17)20)28(25,26)22(4)5/h7-8,21H,9-13H2,1-6H3. The Morgan fingerprint density at radius 2 is 1.82 bits per heavy atom. The molecule has 0 bridgehead atoms. The summed E-state index contributed by atoms with van der Waals surface area (Å²) in [5.41, 5.74) is 0.833.